The molecule has 0 aliphatic heterocycles. The molecule has 1 aromatic carbocycles. The number of nitrogens with zero attached hydrogens (tertiary/aromatic N) is 1. The van der Waals surface area contributed by atoms with E-state index in [1.807, 2.05) is 0 Å². The van der Waals surface area contributed by atoms with E-state index in [9.17, 15) is 8.42 Å². The van der Waals surface area contributed by atoms with Crippen molar-refractivity contribution in [3.63, 3.8) is 0 Å². The van der Waals surface area contributed by atoms with Crippen molar-refractivity contribution in [1.82, 2.24) is 4.31 Å². The number of nitrogen functional groups attached to an aromatic ring is 1. The predicted molar refractivity (Wildman–Crippen MR) is 71.3 cm³/mol. The van der Waals surface area contributed by atoms with E-state index >= 15 is 0 Å². The van der Waals surface area contributed by atoms with E-state index in [1.165, 1.54) is 17.4 Å². The molecule has 0 radical (unpaired) electrons. The number of hydrogen-bond donors (Lipinski definition) is 2. The van der Waals surface area contributed by atoms with Crippen LogP contribution in [0.4, 0.5) is 11.4 Å². The van der Waals surface area contributed by atoms with Gasteiger partial charge < -0.3 is 5.73 Å². The van der Waals surface area contributed by atoms with Crippen molar-refractivity contribution in [2.24, 2.45) is 0 Å². The minimum Gasteiger partial charge on any atom is -0.399 e. The molecule has 0 aliphatic carbocycles. The Bertz CT molecular complexity index is 502. The van der Waals surface area contributed by atoms with Crippen LogP contribution >= 0.6 is 11.6 Å². The van der Waals surface area contributed by atoms with Crippen molar-refractivity contribution in [3.8, 4) is 0 Å². The molecule has 7 heteroatoms. The molecule has 0 spiro atoms. The van der Waals surface area contributed by atoms with Gasteiger partial charge in [0.1, 0.15) is 0 Å². The zero-order chi connectivity index (χ0) is 13.2. The molecule has 0 bridgehead atoms. The molecule has 0 atom stereocenters. The summed E-state index contributed by atoms with van der Waals surface area (Å²) >= 11 is 5.89. The van der Waals surface area contributed by atoms with E-state index in [0.717, 1.165) is 0 Å². The quantitative estimate of drug-likeness (QED) is 0.826. The Morgan fingerprint density at radius 1 is 1.41 bits per heavy atom. The molecule has 0 saturated carbocycles. The highest BCUT2D eigenvalue weighted by atomic mass is 35.5. The van der Waals surface area contributed by atoms with Crippen molar-refractivity contribution < 1.29 is 8.42 Å². The molecule has 17 heavy (non-hydrogen) atoms. The number of anilines is 2. The van der Waals surface area contributed by atoms with Crippen molar-refractivity contribution in [3.05, 3.63) is 23.2 Å². The molecular formula is C10H16ClN3O2S. The highest BCUT2D eigenvalue weighted by Crippen LogP contribution is 2.25. The number of nitrogens with one attached hydrogen (secondary N) is 1. The predicted octanol–water partition coefficient (Wildman–Crippen LogP) is 1.92. The molecule has 1 rings (SSSR count). The van der Waals surface area contributed by atoms with Crippen LogP contribution in [0.2, 0.25) is 5.02 Å². The first-order valence-electron chi connectivity index (χ1n) is 5.05. The van der Waals surface area contributed by atoms with Crippen molar-refractivity contribution in [2.45, 2.75) is 19.9 Å². The summed E-state index contributed by atoms with van der Waals surface area (Å²) in [4.78, 5) is 0. The normalized spacial score (nSPS) is 12.1. The summed E-state index contributed by atoms with van der Waals surface area (Å²) in [5.41, 5.74) is 6.30. The average molecular weight is 278 g/mol. The van der Waals surface area contributed by atoms with Crippen LogP contribution in [0.25, 0.3) is 0 Å². The van der Waals surface area contributed by atoms with Crippen LogP contribution in [-0.2, 0) is 10.2 Å². The lowest BCUT2D eigenvalue weighted by Crippen LogP contribution is -2.37. The molecule has 3 N–H and O–H groups in total. The molecular weight excluding hydrogens is 262 g/mol. The van der Waals surface area contributed by atoms with Gasteiger partial charge in [-0.05, 0) is 32.0 Å². The second-order valence-electron chi connectivity index (χ2n) is 3.96. The molecule has 1 aromatic rings. The molecule has 5 nitrogen and oxygen atoms in total. The first kappa shape index (κ1) is 14.1. The molecule has 0 aromatic heterocycles. The highest BCUT2D eigenvalue weighted by Gasteiger charge is 2.21. The smallest absolute Gasteiger partial charge is 0.301 e. The molecule has 0 aliphatic rings. The highest BCUT2D eigenvalue weighted by molar-refractivity contribution is 7.90. The third-order valence-corrected chi connectivity index (χ3v) is 4.32. The second kappa shape index (κ2) is 5.12. The number of nitrogens with two attached hydrogens (primary N) is 1. The van der Waals surface area contributed by atoms with Crippen molar-refractivity contribution in [1.29, 1.82) is 0 Å². The van der Waals surface area contributed by atoms with E-state index in [4.69, 9.17) is 17.3 Å². The van der Waals surface area contributed by atoms with E-state index in [1.54, 1.807) is 26.0 Å². The number of halogens is 1. The maximum Gasteiger partial charge on any atom is 0.301 e. The number of hydrogen-bond acceptors (Lipinski definition) is 3. The minimum atomic E-state index is -3.61. The maximum absolute atomic E-state index is 11.9. The van der Waals surface area contributed by atoms with E-state index in [-0.39, 0.29) is 11.7 Å². The van der Waals surface area contributed by atoms with Gasteiger partial charge in [-0.15, -0.1) is 0 Å². The lowest BCUT2D eigenvalue weighted by molar-refractivity contribution is 0.414. The third kappa shape index (κ3) is 3.49. The third-order valence-electron chi connectivity index (χ3n) is 2.34. The first-order valence-corrected chi connectivity index (χ1v) is 6.86. The van der Waals surface area contributed by atoms with Gasteiger partial charge in [0, 0.05) is 18.8 Å². The van der Waals surface area contributed by atoms with Gasteiger partial charge in [0.25, 0.3) is 0 Å². The van der Waals surface area contributed by atoms with Crippen molar-refractivity contribution >= 4 is 33.2 Å². The fourth-order valence-corrected chi connectivity index (χ4v) is 2.48. The Balaban J connectivity index is 3.02. The molecule has 96 valence electrons. The molecule has 0 unspecified atom stereocenters. The van der Waals surface area contributed by atoms with Gasteiger partial charge in [0.2, 0.25) is 0 Å². The second-order valence-corrected chi connectivity index (χ2v) is 6.09. The van der Waals surface area contributed by atoms with Crippen LogP contribution in [0.3, 0.4) is 0 Å². The van der Waals surface area contributed by atoms with E-state index in [2.05, 4.69) is 4.72 Å². The van der Waals surface area contributed by atoms with E-state index < -0.39 is 10.2 Å². The Hall–Kier alpha value is -0.980. The van der Waals surface area contributed by atoms with Gasteiger partial charge in [0.05, 0.1) is 10.7 Å². The van der Waals surface area contributed by atoms with E-state index in [0.29, 0.717) is 10.7 Å². The minimum absolute atomic E-state index is 0.146. The Labute approximate surface area is 107 Å². The molecule has 0 saturated heterocycles. The lowest BCUT2D eigenvalue weighted by atomic mass is 10.3. The van der Waals surface area contributed by atoms with Crippen LogP contribution in [0, 0.1) is 0 Å². The van der Waals surface area contributed by atoms with Crippen LogP contribution in [0.1, 0.15) is 13.8 Å². The Morgan fingerprint density at radius 3 is 2.53 bits per heavy atom. The zero-order valence-corrected chi connectivity index (χ0v) is 11.5. The average Bonchev–Trinajstić information content (AvgIpc) is 2.21. The topological polar surface area (TPSA) is 75.4 Å². The lowest BCUT2D eigenvalue weighted by Gasteiger charge is -2.22. The van der Waals surface area contributed by atoms with Crippen LogP contribution < -0.4 is 10.5 Å². The summed E-state index contributed by atoms with van der Waals surface area (Å²) < 4.78 is 27.5. The molecule has 0 heterocycles. The molecule has 0 amide bonds. The fourth-order valence-electron chi connectivity index (χ4n) is 1.11. The van der Waals surface area contributed by atoms with Crippen molar-refractivity contribution in [2.75, 3.05) is 17.5 Å². The SMILES string of the molecule is CC(C)N(C)S(=O)(=O)Nc1cc(N)ccc1Cl. The van der Waals surface area contributed by atoms with Gasteiger partial charge in [-0.2, -0.15) is 12.7 Å². The summed E-state index contributed by atoms with van der Waals surface area (Å²) in [6.45, 7) is 3.56. The van der Waals surface area contributed by atoms with Gasteiger partial charge in [-0.1, -0.05) is 11.6 Å². The van der Waals surface area contributed by atoms with Gasteiger partial charge in [-0.25, -0.2) is 0 Å². The first-order chi connectivity index (χ1) is 7.74. The number of rotatable bonds is 4. The summed E-state index contributed by atoms with van der Waals surface area (Å²) in [7, 11) is -2.12. The van der Waals surface area contributed by atoms with Gasteiger partial charge >= 0.3 is 10.2 Å². The number of benzene rings is 1. The summed E-state index contributed by atoms with van der Waals surface area (Å²) in [6, 6.07) is 4.48. The van der Waals surface area contributed by atoms with Crippen LogP contribution in [0.15, 0.2) is 18.2 Å². The monoisotopic (exact) mass is 277 g/mol. The van der Waals surface area contributed by atoms with Crippen LogP contribution in [-0.4, -0.2) is 25.8 Å². The maximum atomic E-state index is 11.9. The van der Waals surface area contributed by atoms with Crippen LogP contribution in [0.5, 0.6) is 0 Å². The zero-order valence-electron chi connectivity index (χ0n) is 9.94. The van der Waals surface area contributed by atoms with Gasteiger partial charge in [-0.3, -0.25) is 4.72 Å². The summed E-state index contributed by atoms with van der Waals surface area (Å²) in [5, 5.41) is 0.305. The Morgan fingerprint density at radius 2 is 2.00 bits per heavy atom. The standard InChI is InChI=1S/C10H16ClN3O2S/c1-7(2)14(3)17(15,16)13-10-6-8(12)4-5-9(10)11/h4-7,13H,12H2,1-3H3. The summed E-state index contributed by atoms with van der Waals surface area (Å²) in [5.74, 6) is 0. The van der Waals surface area contributed by atoms with Gasteiger partial charge in [0.15, 0.2) is 0 Å². The Kier molecular flexibility index (Phi) is 4.24. The molecule has 0 fully saturated rings. The summed E-state index contributed by atoms with van der Waals surface area (Å²) in [6.07, 6.45) is 0. The fraction of sp³-hybridized carbons (Fsp3) is 0.400. The largest absolute Gasteiger partial charge is 0.399 e.